The molecule has 21 heavy (non-hydrogen) atoms. The third-order valence-corrected chi connectivity index (χ3v) is 5.51. The van der Waals surface area contributed by atoms with Crippen LogP contribution in [0, 0.1) is 16.0 Å². The average molecular weight is 316 g/mol. The monoisotopic (exact) mass is 316 g/mol. The van der Waals surface area contributed by atoms with E-state index in [4.69, 9.17) is 0 Å². The van der Waals surface area contributed by atoms with Crippen LogP contribution in [0.25, 0.3) is 0 Å². The van der Waals surface area contributed by atoms with Gasteiger partial charge in [0.2, 0.25) is 10.0 Å². The van der Waals surface area contributed by atoms with Gasteiger partial charge in [-0.2, -0.15) is 4.31 Å². The molecule has 0 saturated carbocycles. The molecular weight excluding hydrogens is 300 g/mol. The molecular formula is C12H16N2O6S. The van der Waals surface area contributed by atoms with Crippen LogP contribution in [-0.4, -0.2) is 47.1 Å². The molecule has 2 atom stereocenters. The van der Waals surface area contributed by atoms with E-state index >= 15 is 0 Å². The van der Waals surface area contributed by atoms with Gasteiger partial charge in [-0.3, -0.25) is 10.1 Å². The van der Waals surface area contributed by atoms with Gasteiger partial charge < -0.3 is 10.2 Å². The minimum Gasteiger partial charge on any atom is -0.502 e. The molecule has 1 heterocycles. The van der Waals surface area contributed by atoms with Gasteiger partial charge in [0.15, 0.2) is 5.75 Å². The highest BCUT2D eigenvalue weighted by Gasteiger charge is 2.35. The maximum Gasteiger partial charge on any atom is 0.312 e. The Balaban J connectivity index is 2.33. The summed E-state index contributed by atoms with van der Waals surface area (Å²) in [6.07, 6.45) is -0.0729. The molecule has 0 amide bonds. The van der Waals surface area contributed by atoms with E-state index in [9.17, 15) is 28.7 Å². The number of aliphatic hydroxyl groups excluding tert-OH is 1. The van der Waals surface area contributed by atoms with Gasteiger partial charge >= 0.3 is 5.69 Å². The Kier molecular flexibility index (Phi) is 4.17. The molecule has 0 spiro atoms. The fourth-order valence-corrected chi connectivity index (χ4v) is 3.86. The summed E-state index contributed by atoms with van der Waals surface area (Å²) in [6.45, 7) is 2.04. The first-order valence-corrected chi connectivity index (χ1v) is 7.83. The van der Waals surface area contributed by atoms with Gasteiger partial charge in [0.05, 0.1) is 15.9 Å². The van der Waals surface area contributed by atoms with Gasteiger partial charge in [-0.05, 0) is 31.4 Å². The van der Waals surface area contributed by atoms with Crippen LogP contribution in [0.5, 0.6) is 5.75 Å². The van der Waals surface area contributed by atoms with E-state index < -0.39 is 32.5 Å². The van der Waals surface area contributed by atoms with Crippen molar-refractivity contribution in [1.29, 1.82) is 0 Å². The van der Waals surface area contributed by atoms with E-state index in [-0.39, 0.29) is 23.9 Å². The van der Waals surface area contributed by atoms with Crippen molar-refractivity contribution in [3.63, 3.8) is 0 Å². The van der Waals surface area contributed by atoms with Gasteiger partial charge in [0, 0.05) is 19.2 Å². The lowest BCUT2D eigenvalue weighted by molar-refractivity contribution is -0.386. The molecule has 1 aliphatic heterocycles. The summed E-state index contributed by atoms with van der Waals surface area (Å²) >= 11 is 0. The van der Waals surface area contributed by atoms with Crippen LogP contribution in [0.15, 0.2) is 23.1 Å². The Morgan fingerprint density at radius 2 is 2.14 bits per heavy atom. The number of sulfonamides is 1. The number of hydrogen-bond donors (Lipinski definition) is 2. The number of rotatable bonds is 4. The number of hydrogen-bond acceptors (Lipinski definition) is 6. The normalized spacial score (nSPS) is 21.3. The van der Waals surface area contributed by atoms with Crippen molar-refractivity contribution in [2.75, 3.05) is 13.1 Å². The minimum absolute atomic E-state index is 0.146. The third kappa shape index (κ3) is 2.99. The standard InChI is InChI=1S/C12H16N2O6S/c1-8(15)9-4-5-13(7-9)21(19,20)10-2-3-12(16)11(6-10)14(17)18/h2-3,6,8-9,15-16H,4-5,7H2,1H3. The number of aromatic hydroxyl groups is 1. The fraction of sp³-hybridized carbons (Fsp3) is 0.500. The van der Waals surface area contributed by atoms with Crippen LogP contribution in [0.4, 0.5) is 5.69 Å². The molecule has 1 aliphatic rings. The smallest absolute Gasteiger partial charge is 0.312 e. The predicted octanol–water partition coefficient (Wildman–Crippen LogP) is 0.692. The van der Waals surface area contributed by atoms with E-state index in [1.165, 1.54) is 4.31 Å². The SMILES string of the molecule is CC(O)C1CCN(S(=O)(=O)c2ccc(O)c([N+](=O)[O-])c2)C1. The van der Waals surface area contributed by atoms with E-state index in [2.05, 4.69) is 0 Å². The molecule has 1 aromatic carbocycles. The molecule has 8 nitrogen and oxygen atoms in total. The molecule has 116 valence electrons. The second-order valence-corrected chi connectivity index (χ2v) is 7.00. The minimum atomic E-state index is -3.87. The molecule has 1 saturated heterocycles. The average Bonchev–Trinajstić information content (AvgIpc) is 2.89. The summed E-state index contributed by atoms with van der Waals surface area (Å²) in [5, 5.41) is 29.7. The summed E-state index contributed by atoms with van der Waals surface area (Å²) in [5.74, 6) is -0.728. The molecule has 0 radical (unpaired) electrons. The maximum absolute atomic E-state index is 12.4. The highest BCUT2D eigenvalue weighted by atomic mass is 32.2. The van der Waals surface area contributed by atoms with Crippen LogP contribution in [0.3, 0.4) is 0 Å². The van der Waals surface area contributed by atoms with E-state index in [0.717, 1.165) is 18.2 Å². The molecule has 2 N–H and O–H groups in total. The second-order valence-electron chi connectivity index (χ2n) is 5.06. The van der Waals surface area contributed by atoms with Crippen molar-refractivity contribution < 1.29 is 23.6 Å². The lowest BCUT2D eigenvalue weighted by atomic mass is 10.0. The molecule has 2 unspecified atom stereocenters. The number of nitrogens with zero attached hydrogens (tertiary/aromatic N) is 2. The summed E-state index contributed by atoms with van der Waals surface area (Å²) in [5.41, 5.74) is -0.651. The van der Waals surface area contributed by atoms with Crippen molar-refractivity contribution in [3.8, 4) is 5.75 Å². The van der Waals surface area contributed by atoms with Crippen molar-refractivity contribution in [2.45, 2.75) is 24.3 Å². The maximum atomic E-state index is 12.4. The number of phenols is 1. The van der Waals surface area contributed by atoms with Gasteiger partial charge in [-0.1, -0.05) is 0 Å². The van der Waals surface area contributed by atoms with Gasteiger partial charge in [0.1, 0.15) is 0 Å². The van der Waals surface area contributed by atoms with Crippen molar-refractivity contribution >= 4 is 15.7 Å². The Labute approximate surface area is 121 Å². The Bertz CT molecular complexity index is 658. The van der Waals surface area contributed by atoms with Crippen LogP contribution >= 0.6 is 0 Å². The topological polar surface area (TPSA) is 121 Å². The van der Waals surface area contributed by atoms with Gasteiger partial charge in [-0.15, -0.1) is 0 Å². The number of aliphatic hydroxyl groups is 1. The van der Waals surface area contributed by atoms with E-state index in [1.807, 2.05) is 0 Å². The summed E-state index contributed by atoms with van der Waals surface area (Å²) in [6, 6.07) is 2.97. The largest absolute Gasteiger partial charge is 0.502 e. The highest BCUT2D eigenvalue weighted by Crippen LogP contribution is 2.31. The lowest BCUT2D eigenvalue weighted by Gasteiger charge is -2.17. The predicted molar refractivity (Wildman–Crippen MR) is 73.3 cm³/mol. The van der Waals surface area contributed by atoms with Gasteiger partial charge in [0.25, 0.3) is 0 Å². The second kappa shape index (κ2) is 5.58. The van der Waals surface area contributed by atoms with Crippen molar-refractivity contribution in [2.24, 2.45) is 5.92 Å². The zero-order valence-corrected chi connectivity index (χ0v) is 12.2. The van der Waals surface area contributed by atoms with Crippen LogP contribution in [-0.2, 0) is 10.0 Å². The lowest BCUT2D eigenvalue weighted by Crippen LogP contribution is -2.30. The van der Waals surface area contributed by atoms with Crippen LogP contribution in [0.2, 0.25) is 0 Å². The number of phenolic OH excluding ortho intramolecular Hbond substituents is 1. The van der Waals surface area contributed by atoms with Crippen molar-refractivity contribution in [1.82, 2.24) is 4.31 Å². The summed E-state index contributed by atoms with van der Waals surface area (Å²) in [7, 11) is -3.87. The van der Waals surface area contributed by atoms with Crippen LogP contribution < -0.4 is 0 Å². The molecule has 1 fully saturated rings. The summed E-state index contributed by atoms with van der Waals surface area (Å²) in [4.78, 5) is 9.69. The Morgan fingerprint density at radius 3 is 2.67 bits per heavy atom. The molecule has 0 bridgehead atoms. The first-order chi connectivity index (χ1) is 9.73. The molecule has 0 aliphatic carbocycles. The highest BCUT2D eigenvalue weighted by molar-refractivity contribution is 7.89. The quantitative estimate of drug-likeness (QED) is 0.622. The van der Waals surface area contributed by atoms with Crippen molar-refractivity contribution in [3.05, 3.63) is 28.3 Å². The van der Waals surface area contributed by atoms with Crippen LogP contribution in [0.1, 0.15) is 13.3 Å². The zero-order chi connectivity index (χ0) is 15.8. The first kappa shape index (κ1) is 15.7. The zero-order valence-electron chi connectivity index (χ0n) is 11.3. The molecule has 2 rings (SSSR count). The Morgan fingerprint density at radius 1 is 1.48 bits per heavy atom. The number of benzene rings is 1. The summed E-state index contributed by atoms with van der Waals surface area (Å²) < 4.78 is 26.1. The molecule has 9 heteroatoms. The first-order valence-electron chi connectivity index (χ1n) is 6.39. The number of nitro groups is 1. The Hall–Kier alpha value is -1.71. The molecule has 1 aromatic rings. The molecule has 0 aromatic heterocycles. The third-order valence-electron chi connectivity index (χ3n) is 3.65. The number of nitro benzene ring substituents is 1. The fourth-order valence-electron chi connectivity index (χ4n) is 2.33. The van der Waals surface area contributed by atoms with E-state index in [1.54, 1.807) is 6.92 Å². The van der Waals surface area contributed by atoms with Gasteiger partial charge in [-0.25, -0.2) is 8.42 Å². The van der Waals surface area contributed by atoms with E-state index in [0.29, 0.717) is 6.42 Å².